The van der Waals surface area contributed by atoms with Crippen LogP contribution in [0.4, 0.5) is 0 Å². The monoisotopic (exact) mass is 306 g/mol. The Balaban J connectivity index is 2.05. The molecule has 0 radical (unpaired) electrons. The number of carbonyl (C=O) groups is 1. The van der Waals surface area contributed by atoms with Crippen molar-refractivity contribution in [2.24, 2.45) is 10.8 Å². The standard InChI is InChI=1S/C16H19ClN2O2/c1-15(2)10(6-7-16(15,3)14(20)21)13-18-11-5-4-9(17)8-12(11)19-13/h4-5,8,10H,6-7H2,1-3H3,(H,18,19)(H,20,21)/t10-,16-/m1/s1. The molecule has 1 aromatic carbocycles. The molecule has 0 spiro atoms. The van der Waals surface area contributed by atoms with Crippen LogP contribution in [0.3, 0.4) is 0 Å². The fourth-order valence-electron chi connectivity index (χ4n) is 3.53. The second-order valence-corrected chi connectivity index (χ2v) is 7.17. The van der Waals surface area contributed by atoms with E-state index in [0.29, 0.717) is 11.4 Å². The molecule has 0 bridgehead atoms. The molecule has 5 heteroatoms. The van der Waals surface area contributed by atoms with Gasteiger partial charge in [-0.25, -0.2) is 4.98 Å². The summed E-state index contributed by atoms with van der Waals surface area (Å²) >= 11 is 6.01. The maximum atomic E-state index is 11.7. The van der Waals surface area contributed by atoms with Gasteiger partial charge < -0.3 is 10.1 Å². The number of nitrogens with zero attached hydrogens (tertiary/aromatic N) is 1. The molecule has 1 heterocycles. The largest absolute Gasteiger partial charge is 0.481 e. The quantitative estimate of drug-likeness (QED) is 0.873. The maximum absolute atomic E-state index is 11.7. The molecule has 2 N–H and O–H groups in total. The predicted molar refractivity (Wildman–Crippen MR) is 82.6 cm³/mol. The van der Waals surface area contributed by atoms with Gasteiger partial charge >= 0.3 is 5.97 Å². The number of aliphatic carboxylic acids is 1. The van der Waals surface area contributed by atoms with Crippen molar-refractivity contribution < 1.29 is 9.90 Å². The Morgan fingerprint density at radius 2 is 2.14 bits per heavy atom. The summed E-state index contributed by atoms with van der Waals surface area (Å²) in [5.74, 6) is 0.237. The molecule has 1 aliphatic rings. The SMILES string of the molecule is CC1(C)[C@@H](c2nc3ccc(Cl)cc3[nH]2)CC[C@]1(C)C(=O)O. The van der Waals surface area contributed by atoms with Crippen molar-refractivity contribution in [3.8, 4) is 0 Å². The van der Waals surface area contributed by atoms with Gasteiger partial charge in [0, 0.05) is 10.9 Å². The number of carboxylic acid groups (broad SMARTS) is 1. The van der Waals surface area contributed by atoms with Gasteiger partial charge in [-0.15, -0.1) is 0 Å². The zero-order valence-corrected chi connectivity index (χ0v) is 13.2. The smallest absolute Gasteiger partial charge is 0.309 e. The van der Waals surface area contributed by atoms with Gasteiger partial charge in [0.15, 0.2) is 0 Å². The molecule has 0 saturated heterocycles. The van der Waals surface area contributed by atoms with Gasteiger partial charge in [0.05, 0.1) is 16.4 Å². The lowest BCUT2D eigenvalue weighted by atomic mass is 9.65. The topological polar surface area (TPSA) is 66.0 Å². The third-order valence-electron chi connectivity index (χ3n) is 5.49. The second kappa shape index (κ2) is 4.47. The molecule has 0 unspecified atom stereocenters. The van der Waals surface area contributed by atoms with Gasteiger partial charge in [0.1, 0.15) is 5.82 Å². The normalized spacial score (nSPS) is 28.1. The fourth-order valence-corrected chi connectivity index (χ4v) is 3.70. The minimum absolute atomic E-state index is 0.102. The predicted octanol–water partition coefficient (Wildman–Crippen LogP) is 4.21. The molecule has 112 valence electrons. The summed E-state index contributed by atoms with van der Waals surface area (Å²) in [7, 11) is 0. The van der Waals surface area contributed by atoms with Crippen molar-refractivity contribution in [2.75, 3.05) is 0 Å². The van der Waals surface area contributed by atoms with Crippen LogP contribution in [-0.4, -0.2) is 21.0 Å². The van der Waals surface area contributed by atoms with Crippen molar-refractivity contribution in [2.45, 2.75) is 39.5 Å². The summed E-state index contributed by atoms with van der Waals surface area (Å²) in [6, 6.07) is 5.55. The number of carboxylic acids is 1. The zero-order valence-electron chi connectivity index (χ0n) is 12.4. The van der Waals surface area contributed by atoms with E-state index >= 15 is 0 Å². The third kappa shape index (κ3) is 1.96. The molecular formula is C16H19ClN2O2. The number of halogens is 1. The number of benzene rings is 1. The first kappa shape index (κ1) is 14.4. The van der Waals surface area contributed by atoms with Crippen LogP contribution in [0.1, 0.15) is 45.4 Å². The number of aromatic amines is 1. The second-order valence-electron chi connectivity index (χ2n) is 6.73. The van der Waals surface area contributed by atoms with Gasteiger partial charge in [-0.1, -0.05) is 25.4 Å². The molecule has 1 fully saturated rings. The van der Waals surface area contributed by atoms with E-state index in [0.717, 1.165) is 23.3 Å². The highest BCUT2D eigenvalue weighted by molar-refractivity contribution is 6.31. The van der Waals surface area contributed by atoms with Crippen LogP contribution in [-0.2, 0) is 4.79 Å². The van der Waals surface area contributed by atoms with E-state index in [2.05, 4.69) is 9.97 Å². The van der Waals surface area contributed by atoms with Crippen LogP contribution >= 0.6 is 11.6 Å². The first-order valence-corrected chi connectivity index (χ1v) is 7.52. The number of H-pyrrole nitrogens is 1. The fraction of sp³-hybridized carbons (Fsp3) is 0.500. The molecule has 2 aromatic rings. The molecule has 1 aliphatic carbocycles. The molecular weight excluding hydrogens is 288 g/mol. The van der Waals surface area contributed by atoms with E-state index < -0.39 is 11.4 Å². The lowest BCUT2D eigenvalue weighted by Crippen LogP contribution is -2.40. The number of hydrogen-bond donors (Lipinski definition) is 2. The first-order valence-electron chi connectivity index (χ1n) is 7.14. The molecule has 1 saturated carbocycles. The van der Waals surface area contributed by atoms with E-state index in [1.165, 1.54) is 0 Å². The molecule has 21 heavy (non-hydrogen) atoms. The zero-order chi connectivity index (χ0) is 15.4. The van der Waals surface area contributed by atoms with Crippen molar-refractivity contribution in [3.63, 3.8) is 0 Å². The molecule has 0 aliphatic heterocycles. The Morgan fingerprint density at radius 1 is 1.43 bits per heavy atom. The summed E-state index contributed by atoms with van der Waals surface area (Å²) in [4.78, 5) is 19.7. The summed E-state index contributed by atoms with van der Waals surface area (Å²) in [5, 5.41) is 10.3. The molecule has 4 nitrogen and oxygen atoms in total. The Labute approximate surface area is 128 Å². The van der Waals surface area contributed by atoms with Crippen LogP contribution in [0.15, 0.2) is 18.2 Å². The van der Waals surface area contributed by atoms with Crippen molar-refractivity contribution in [1.82, 2.24) is 9.97 Å². The molecule has 1 aromatic heterocycles. The number of fused-ring (bicyclic) bond motifs is 1. The van der Waals surface area contributed by atoms with Crippen LogP contribution < -0.4 is 0 Å². The van der Waals surface area contributed by atoms with E-state index in [-0.39, 0.29) is 11.3 Å². The van der Waals surface area contributed by atoms with Crippen LogP contribution in [0, 0.1) is 10.8 Å². The molecule has 2 atom stereocenters. The van der Waals surface area contributed by atoms with Gasteiger partial charge in [0.25, 0.3) is 0 Å². The van der Waals surface area contributed by atoms with Crippen molar-refractivity contribution in [1.29, 1.82) is 0 Å². The summed E-state index contributed by atoms with van der Waals surface area (Å²) in [6.07, 6.45) is 1.49. The minimum Gasteiger partial charge on any atom is -0.481 e. The highest BCUT2D eigenvalue weighted by Crippen LogP contribution is 2.59. The van der Waals surface area contributed by atoms with Crippen LogP contribution in [0.2, 0.25) is 5.02 Å². The number of aromatic nitrogens is 2. The lowest BCUT2D eigenvalue weighted by molar-refractivity contribution is -0.153. The van der Waals surface area contributed by atoms with Gasteiger partial charge in [-0.2, -0.15) is 0 Å². The summed E-state index contributed by atoms with van der Waals surface area (Å²) in [5.41, 5.74) is 0.677. The highest BCUT2D eigenvalue weighted by atomic mass is 35.5. The van der Waals surface area contributed by atoms with E-state index in [4.69, 9.17) is 11.6 Å². The van der Waals surface area contributed by atoms with Gasteiger partial charge in [0.2, 0.25) is 0 Å². The summed E-state index contributed by atoms with van der Waals surface area (Å²) in [6.45, 7) is 5.90. The average Bonchev–Trinajstić information content (AvgIpc) is 2.89. The number of nitrogens with one attached hydrogen (secondary N) is 1. The lowest BCUT2D eigenvalue weighted by Gasteiger charge is -2.37. The van der Waals surface area contributed by atoms with E-state index in [9.17, 15) is 9.90 Å². The van der Waals surface area contributed by atoms with E-state index in [1.54, 1.807) is 0 Å². The van der Waals surface area contributed by atoms with Crippen molar-refractivity contribution >= 4 is 28.6 Å². The van der Waals surface area contributed by atoms with E-state index in [1.807, 2.05) is 39.0 Å². The molecule has 0 amide bonds. The number of imidazole rings is 1. The average molecular weight is 307 g/mol. The Morgan fingerprint density at radius 3 is 2.76 bits per heavy atom. The third-order valence-corrected chi connectivity index (χ3v) is 5.73. The molecule has 3 rings (SSSR count). The van der Waals surface area contributed by atoms with Crippen LogP contribution in [0.25, 0.3) is 11.0 Å². The number of hydrogen-bond acceptors (Lipinski definition) is 2. The highest BCUT2D eigenvalue weighted by Gasteiger charge is 2.57. The Kier molecular flexibility index (Phi) is 3.06. The van der Waals surface area contributed by atoms with Gasteiger partial charge in [-0.05, 0) is 43.4 Å². The van der Waals surface area contributed by atoms with Crippen LogP contribution in [0.5, 0.6) is 0 Å². The van der Waals surface area contributed by atoms with Crippen molar-refractivity contribution in [3.05, 3.63) is 29.0 Å². The maximum Gasteiger partial charge on any atom is 0.309 e. The number of rotatable bonds is 2. The Hall–Kier alpha value is -1.55. The Bertz CT molecular complexity index is 722. The minimum atomic E-state index is -0.728. The summed E-state index contributed by atoms with van der Waals surface area (Å²) < 4.78 is 0. The van der Waals surface area contributed by atoms with Gasteiger partial charge in [-0.3, -0.25) is 4.79 Å². The first-order chi connectivity index (χ1) is 9.75.